The van der Waals surface area contributed by atoms with Crippen LogP contribution in [-0.4, -0.2) is 39.2 Å². The fourth-order valence-electron chi connectivity index (χ4n) is 2.61. The lowest BCUT2D eigenvalue weighted by atomic mass is 10.1. The van der Waals surface area contributed by atoms with Crippen molar-refractivity contribution in [2.24, 2.45) is 0 Å². The standard InChI is InChI=1S/C16H20N4O2S/c21-16(15-13-10-17-7-6-14(13)19-20-15)18-8-9-23(22)11-12-4-2-1-3-5-12/h1-5,17H,6-11H2,(H,18,21)(H,19,20). The highest BCUT2D eigenvalue weighted by Gasteiger charge is 2.21. The summed E-state index contributed by atoms with van der Waals surface area (Å²) in [5.41, 5.74) is 3.46. The summed E-state index contributed by atoms with van der Waals surface area (Å²) >= 11 is 0. The first-order valence-corrected chi connectivity index (χ1v) is 9.17. The minimum absolute atomic E-state index is 0.206. The molecule has 6 nitrogen and oxygen atoms in total. The summed E-state index contributed by atoms with van der Waals surface area (Å²) in [6.07, 6.45) is 0.858. The van der Waals surface area contributed by atoms with Crippen LogP contribution in [0.4, 0.5) is 0 Å². The van der Waals surface area contributed by atoms with Crippen molar-refractivity contribution in [3.63, 3.8) is 0 Å². The monoisotopic (exact) mass is 332 g/mol. The van der Waals surface area contributed by atoms with Gasteiger partial charge in [-0.2, -0.15) is 5.10 Å². The van der Waals surface area contributed by atoms with Crippen LogP contribution in [0.5, 0.6) is 0 Å². The number of amides is 1. The number of aromatic amines is 1. The third-order valence-electron chi connectivity index (χ3n) is 3.81. The van der Waals surface area contributed by atoms with Crippen molar-refractivity contribution in [2.75, 3.05) is 18.8 Å². The number of carbonyl (C=O) groups excluding carboxylic acids is 1. The number of hydrogen-bond acceptors (Lipinski definition) is 4. The number of hydrogen-bond donors (Lipinski definition) is 3. The Morgan fingerprint density at radius 1 is 1.30 bits per heavy atom. The molecule has 0 saturated heterocycles. The van der Waals surface area contributed by atoms with Crippen molar-refractivity contribution in [3.05, 3.63) is 52.8 Å². The fraction of sp³-hybridized carbons (Fsp3) is 0.375. The first-order valence-electron chi connectivity index (χ1n) is 7.68. The Kier molecular flexibility index (Phi) is 5.19. The molecule has 0 radical (unpaired) electrons. The number of rotatable bonds is 6. The number of H-pyrrole nitrogens is 1. The van der Waals surface area contributed by atoms with Crippen molar-refractivity contribution < 1.29 is 9.00 Å². The van der Waals surface area contributed by atoms with Crippen molar-refractivity contribution in [1.29, 1.82) is 0 Å². The summed E-state index contributed by atoms with van der Waals surface area (Å²) in [6.45, 7) is 1.94. The van der Waals surface area contributed by atoms with Crippen molar-refractivity contribution >= 4 is 16.7 Å². The van der Waals surface area contributed by atoms with Gasteiger partial charge in [-0.1, -0.05) is 30.3 Å². The van der Waals surface area contributed by atoms with Crippen molar-refractivity contribution in [1.82, 2.24) is 20.8 Å². The average Bonchev–Trinajstić information content (AvgIpc) is 3.00. The number of nitrogens with zero attached hydrogens (tertiary/aromatic N) is 1. The van der Waals surface area contributed by atoms with E-state index < -0.39 is 10.8 Å². The molecule has 3 N–H and O–H groups in total. The van der Waals surface area contributed by atoms with E-state index in [1.165, 1.54) is 0 Å². The SMILES string of the molecule is O=C(NCCS(=O)Cc1ccccc1)c1n[nH]c2c1CNCC2. The number of nitrogens with one attached hydrogen (secondary N) is 3. The maximum Gasteiger partial charge on any atom is 0.272 e. The Balaban J connectivity index is 1.48. The van der Waals surface area contributed by atoms with E-state index in [0.29, 0.717) is 30.3 Å². The van der Waals surface area contributed by atoms with Crippen LogP contribution in [0.15, 0.2) is 30.3 Å². The predicted octanol–water partition coefficient (Wildman–Crippen LogP) is 0.734. The number of carbonyl (C=O) groups is 1. The maximum atomic E-state index is 12.2. The number of fused-ring (bicyclic) bond motifs is 1. The molecule has 122 valence electrons. The lowest BCUT2D eigenvalue weighted by Crippen LogP contribution is -2.30. The van der Waals surface area contributed by atoms with Crippen molar-refractivity contribution in [3.8, 4) is 0 Å². The van der Waals surface area contributed by atoms with E-state index in [-0.39, 0.29) is 5.91 Å². The summed E-state index contributed by atoms with van der Waals surface area (Å²) in [5, 5.41) is 13.1. The van der Waals surface area contributed by atoms with Crippen LogP contribution >= 0.6 is 0 Å². The van der Waals surface area contributed by atoms with Gasteiger partial charge in [0.15, 0.2) is 5.69 Å². The molecule has 0 bridgehead atoms. The number of aromatic nitrogens is 2. The van der Waals surface area contributed by atoms with Gasteiger partial charge in [0.2, 0.25) is 0 Å². The Hall–Kier alpha value is -1.99. The first kappa shape index (κ1) is 15.9. The van der Waals surface area contributed by atoms with E-state index in [0.717, 1.165) is 29.8 Å². The molecule has 7 heteroatoms. The van der Waals surface area contributed by atoms with Crippen LogP contribution < -0.4 is 10.6 Å². The molecule has 0 aliphatic carbocycles. The second kappa shape index (κ2) is 7.52. The highest BCUT2D eigenvalue weighted by Crippen LogP contribution is 2.14. The zero-order chi connectivity index (χ0) is 16.1. The molecule has 1 atom stereocenters. The Morgan fingerprint density at radius 2 is 2.13 bits per heavy atom. The summed E-state index contributed by atoms with van der Waals surface area (Å²) in [6, 6.07) is 9.72. The van der Waals surface area contributed by atoms with Gasteiger partial charge in [-0.25, -0.2) is 0 Å². The maximum absolute atomic E-state index is 12.2. The molecule has 0 saturated carbocycles. The van der Waals surface area contributed by atoms with Gasteiger partial charge in [0.1, 0.15) is 0 Å². The van der Waals surface area contributed by atoms with E-state index in [1.807, 2.05) is 30.3 Å². The van der Waals surface area contributed by atoms with Gasteiger partial charge in [-0.15, -0.1) is 0 Å². The average molecular weight is 332 g/mol. The summed E-state index contributed by atoms with van der Waals surface area (Å²) in [7, 11) is -0.991. The molecule has 1 aromatic carbocycles. The molecule has 1 unspecified atom stereocenters. The van der Waals surface area contributed by atoms with E-state index >= 15 is 0 Å². The zero-order valence-electron chi connectivity index (χ0n) is 12.8. The molecule has 2 aromatic rings. The Morgan fingerprint density at radius 3 is 2.96 bits per heavy atom. The van der Waals surface area contributed by atoms with Gasteiger partial charge in [-0.05, 0) is 5.56 Å². The molecule has 23 heavy (non-hydrogen) atoms. The predicted molar refractivity (Wildman–Crippen MR) is 89.5 cm³/mol. The van der Waals surface area contributed by atoms with Crippen molar-refractivity contribution in [2.45, 2.75) is 18.7 Å². The third kappa shape index (κ3) is 4.05. The summed E-state index contributed by atoms with van der Waals surface area (Å²) in [5.74, 6) is 0.743. The normalized spacial score (nSPS) is 15.0. The van der Waals surface area contributed by atoms with E-state index in [9.17, 15) is 9.00 Å². The molecule has 2 heterocycles. The van der Waals surface area contributed by atoms with Gasteiger partial charge in [0.05, 0.1) is 0 Å². The topological polar surface area (TPSA) is 86.9 Å². The summed E-state index contributed by atoms with van der Waals surface area (Å²) < 4.78 is 12.0. The van der Waals surface area contributed by atoms with Crippen LogP contribution in [0, 0.1) is 0 Å². The number of benzene rings is 1. The van der Waals surface area contributed by atoms with Crippen LogP contribution in [0.25, 0.3) is 0 Å². The Bertz CT molecular complexity index is 699. The van der Waals surface area contributed by atoms with Crippen LogP contribution in [0.1, 0.15) is 27.3 Å². The molecule has 0 fully saturated rings. The second-order valence-corrected chi connectivity index (χ2v) is 7.06. The van der Waals surface area contributed by atoms with E-state index in [2.05, 4.69) is 20.8 Å². The van der Waals surface area contributed by atoms with E-state index in [1.54, 1.807) is 0 Å². The second-order valence-electron chi connectivity index (χ2n) is 5.49. The van der Waals surface area contributed by atoms with Gasteiger partial charge >= 0.3 is 0 Å². The quantitative estimate of drug-likeness (QED) is 0.728. The molecule has 1 amide bonds. The Labute approximate surface area is 137 Å². The molecule has 1 aliphatic heterocycles. The highest BCUT2D eigenvalue weighted by atomic mass is 32.2. The zero-order valence-corrected chi connectivity index (χ0v) is 13.6. The largest absolute Gasteiger partial charge is 0.350 e. The van der Waals surface area contributed by atoms with Crippen LogP contribution in [0.3, 0.4) is 0 Å². The van der Waals surface area contributed by atoms with Crippen LogP contribution in [-0.2, 0) is 29.5 Å². The van der Waals surface area contributed by atoms with Gasteiger partial charge in [0.25, 0.3) is 5.91 Å². The molecule has 1 aliphatic rings. The molecular weight excluding hydrogens is 312 g/mol. The highest BCUT2D eigenvalue weighted by molar-refractivity contribution is 7.84. The summed E-state index contributed by atoms with van der Waals surface area (Å²) in [4.78, 5) is 12.2. The lowest BCUT2D eigenvalue weighted by molar-refractivity contribution is 0.0950. The van der Waals surface area contributed by atoms with Crippen LogP contribution in [0.2, 0.25) is 0 Å². The minimum atomic E-state index is -0.991. The molecule has 3 rings (SSSR count). The van der Waals surface area contributed by atoms with Gasteiger partial charge in [-0.3, -0.25) is 14.1 Å². The minimum Gasteiger partial charge on any atom is -0.350 e. The first-order chi connectivity index (χ1) is 11.2. The van der Waals surface area contributed by atoms with E-state index in [4.69, 9.17) is 0 Å². The molecule has 0 spiro atoms. The molecule has 1 aromatic heterocycles. The van der Waals surface area contributed by atoms with Gasteiger partial charge < -0.3 is 10.6 Å². The third-order valence-corrected chi connectivity index (χ3v) is 5.12. The smallest absolute Gasteiger partial charge is 0.272 e. The lowest BCUT2D eigenvalue weighted by Gasteiger charge is -2.12. The molecular formula is C16H20N4O2S. The van der Waals surface area contributed by atoms with Gasteiger partial charge in [0, 0.05) is 59.6 Å². The fourth-order valence-corrected chi connectivity index (χ4v) is 3.65.